The molecule has 47 heavy (non-hydrogen) atoms. The number of carbonyl (C=O) groups excluding carboxylic acids is 3. The number of carbonyl (C=O) groups is 3. The van der Waals surface area contributed by atoms with Crippen molar-refractivity contribution in [3.8, 4) is 0 Å². The third-order valence-electron chi connectivity index (χ3n) is 11.1. The Morgan fingerprint density at radius 1 is 1.06 bits per heavy atom. The third kappa shape index (κ3) is 9.91. The molecule has 1 aliphatic heterocycles. The summed E-state index contributed by atoms with van der Waals surface area (Å²) in [6.45, 7) is 21.1. The van der Waals surface area contributed by atoms with Crippen LogP contribution in [-0.4, -0.2) is 96.9 Å². The van der Waals surface area contributed by atoms with Crippen LogP contribution in [-0.2, 0) is 23.9 Å². The molecule has 6 unspecified atom stereocenters. The fourth-order valence-electron chi connectivity index (χ4n) is 7.88. The van der Waals surface area contributed by atoms with E-state index in [1.807, 2.05) is 39.6 Å². The first-order valence-electron chi connectivity index (χ1n) is 18.1. The van der Waals surface area contributed by atoms with Crippen LogP contribution in [0.1, 0.15) is 108 Å². The molecule has 1 aliphatic carbocycles. The van der Waals surface area contributed by atoms with Crippen molar-refractivity contribution in [3.05, 3.63) is 22.8 Å². The highest BCUT2D eigenvalue weighted by molar-refractivity contribution is 5.81. The summed E-state index contributed by atoms with van der Waals surface area (Å²) in [5, 5.41) is 14.4. The molecule has 270 valence electrons. The van der Waals surface area contributed by atoms with Crippen LogP contribution in [0.4, 0.5) is 0 Å². The van der Waals surface area contributed by atoms with Gasteiger partial charge in [-0.05, 0) is 56.4 Å². The van der Waals surface area contributed by atoms with Gasteiger partial charge in [0.2, 0.25) is 17.7 Å². The van der Waals surface area contributed by atoms with Gasteiger partial charge < -0.3 is 29.7 Å². The zero-order chi connectivity index (χ0) is 35.7. The van der Waals surface area contributed by atoms with E-state index in [-0.39, 0.29) is 59.9 Å². The Kier molecular flexibility index (Phi) is 16.1. The van der Waals surface area contributed by atoms with Crippen molar-refractivity contribution in [2.75, 3.05) is 27.8 Å². The molecule has 9 nitrogen and oxygen atoms in total. The van der Waals surface area contributed by atoms with E-state index in [1.54, 1.807) is 19.1 Å². The molecule has 0 aromatic heterocycles. The number of nitrogens with one attached hydrogen (secondary N) is 1. The molecular weight excluding hydrogens is 594 g/mol. The summed E-state index contributed by atoms with van der Waals surface area (Å²) in [4.78, 5) is 44.3. The van der Waals surface area contributed by atoms with Gasteiger partial charge in [-0.2, -0.15) is 0 Å². The molecule has 10 atom stereocenters. The normalized spacial score (nSPS) is 24.7. The van der Waals surface area contributed by atoms with Crippen molar-refractivity contribution < 1.29 is 29.0 Å². The van der Waals surface area contributed by atoms with Gasteiger partial charge >= 0.3 is 0 Å². The van der Waals surface area contributed by atoms with E-state index < -0.39 is 30.3 Å². The zero-order valence-corrected chi connectivity index (χ0v) is 31.8. The van der Waals surface area contributed by atoms with E-state index in [1.165, 1.54) is 11.1 Å². The standard InChI is InChI=1S/C38H67N3O6/c1-14-23(5)35(40(11)33(42)19-22(3)4)32(46-12)21-34(43)41-18-16-17-31(41)37(47-13)27(9)38(45)39-28(10)36(44)30-20-24(6)25(7)29(15-2)26(30)8/h20,22-24,26-28,31-32,35-37,44H,14-19,21H2,1-13H3,(H,39,45)/t23-,24?,26?,27?,28?,31-,32?,35-,36?,37+/m0/s1. The van der Waals surface area contributed by atoms with Crippen molar-refractivity contribution in [1.82, 2.24) is 15.1 Å². The molecule has 0 spiro atoms. The second kappa shape index (κ2) is 18.5. The largest absolute Gasteiger partial charge is 0.387 e. The molecule has 0 aromatic rings. The predicted molar refractivity (Wildman–Crippen MR) is 189 cm³/mol. The van der Waals surface area contributed by atoms with Crippen LogP contribution in [0.25, 0.3) is 0 Å². The maximum atomic E-state index is 13.9. The van der Waals surface area contributed by atoms with Crippen LogP contribution in [0.5, 0.6) is 0 Å². The maximum Gasteiger partial charge on any atom is 0.225 e. The first-order chi connectivity index (χ1) is 22.0. The molecular formula is C38H67N3O6. The molecule has 2 aliphatic rings. The monoisotopic (exact) mass is 662 g/mol. The van der Waals surface area contributed by atoms with E-state index in [0.717, 1.165) is 31.3 Å². The Bertz CT molecular complexity index is 1120. The molecule has 0 saturated carbocycles. The Balaban J connectivity index is 2.17. The Morgan fingerprint density at radius 2 is 1.70 bits per heavy atom. The minimum absolute atomic E-state index is 0.0543. The fraction of sp³-hybridized carbons (Fsp3) is 0.816. The van der Waals surface area contributed by atoms with E-state index in [4.69, 9.17) is 9.47 Å². The van der Waals surface area contributed by atoms with Gasteiger partial charge in [-0.3, -0.25) is 14.4 Å². The second-order valence-corrected chi connectivity index (χ2v) is 14.7. The molecule has 1 fully saturated rings. The number of likely N-dealkylation sites (tertiary alicyclic amines) is 1. The van der Waals surface area contributed by atoms with Crippen molar-refractivity contribution in [2.45, 2.75) is 144 Å². The number of hydrogen-bond acceptors (Lipinski definition) is 6. The lowest BCUT2D eigenvalue weighted by atomic mass is 9.75. The molecule has 0 bridgehead atoms. The van der Waals surface area contributed by atoms with Crippen LogP contribution < -0.4 is 5.32 Å². The maximum absolute atomic E-state index is 13.9. The summed E-state index contributed by atoms with van der Waals surface area (Å²) in [6.07, 6.45) is 4.27. The number of aliphatic hydroxyl groups is 1. The first kappa shape index (κ1) is 40.9. The van der Waals surface area contributed by atoms with Crippen molar-refractivity contribution in [3.63, 3.8) is 0 Å². The minimum atomic E-state index is -0.807. The number of allylic oxidation sites excluding steroid dienone is 3. The Labute approximate surface area is 285 Å². The number of likely N-dealkylation sites (N-methyl/N-ethyl adjacent to an activating group) is 1. The van der Waals surface area contributed by atoms with Crippen LogP contribution in [0.15, 0.2) is 22.8 Å². The van der Waals surface area contributed by atoms with Gasteiger partial charge in [0.05, 0.1) is 48.8 Å². The lowest BCUT2D eigenvalue weighted by Gasteiger charge is -2.39. The Hall–Kier alpha value is -2.23. The number of aliphatic hydroxyl groups excluding tert-OH is 1. The van der Waals surface area contributed by atoms with E-state index in [2.05, 4.69) is 52.9 Å². The van der Waals surface area contributed by atoms with Gasteiger partial charge in [0.15, 0.2) is 0 Å². The lowest BCUT2D eigenvalue weighted by Crippen LogP contribution is -2.54. The van der Waals surface area contributed by atoms with Gasteiger partial charge in [0.1, 0.15) is 0 Å². The molecule has 2 rings (SSSR count). The number of methoxy groups -OCH3 is 2. The minimum Gasteiger partial charge on any atom is -0.387 e. The van der Waals surface area contributed by atoms with E-state index in [9.17, 15) is 19.5 Å². The molecule has 1 saturated heterocycles. The summed E-state index contributed by atoms with van der Waals surface area (Å²) in [6, 6.07) is -0.998. The van der Waals surface area contributed by atoms with Gasteiger partial charge in [-0.25, -0.2) is 0 Å². The van der Waals surface area contributed by atoms with Gasteiger partial charge in [-0.15, -0.1) is 0 Å². The fourth-order valence-corrected chi connectivity index (χ4v) is 7.88. The molecule has 2 N–H and O–H groups in total. The van der Waals surface area contributed by atoms with Crippen LogP contribution in [0.3, 0.4) is 0 Å². The number of amides is 3. The molecule has 0 radical (unpaired) electrons. The molecule has 1 heterocycles. The highest BCUT2D eigenvalue weighted by Gasteiger charge is 2.42. The second-order valence-electron chi connectivity index (χ2n) is 14.7. The van der Waals surface area contributed by atoms with Crippen molar-refractivity contribution in [2.24, 2.45) is 29.6 Å². The first-order valence-corrected chi connectivity index (χ1v) is 18.1. The quantitative estimate of drug-likeness (QED) is 0.192. The topological polar surface area (TPSA) is 108 Å². The summed E-state index contributed by atoms with van der Waals surface area (Å²) in [7, 11) is 5.03. The molecule has 0 aromatic carbocycles. The highest BCUT2D eigenvalue weighted by Crippen LogP contribution is 2.37. The molecule has 9 heteroatoms. The predicted octanol–water partition coefficient (Wildman–Crippen LogP) is 5.76. The van der Waals surface area contributed by atoms with Gasteiger partial charge in [0, 0.05) is 40.2 Å². The van der Waals surface area contributed by atoms with Crippen LogP contribution >= 0.6 is 0 Å². The molecule has 3 amide bonds. The van der Waals surface area contributed by atoms with E-state index in [0.29, 0.717) is 13.0 Å². The van der Waals surface area contributed by atoms with Crippen molar-refractivity contribution >= 4 is 17.7 Å². The SMILES string of the molecule is CCC1=C(C)C(C)C=C(C(O)C(C)NC(=O)C(C)[C@@H](OC)[C@@H]2CCCN2C(=O)CC(OC)[C@H]([C@@H](C)CC)N(C)C(=O)CC(C)C)C1C. The highest BCUT2D eigenvalue weighted by atomic mass is 16.5. The number of hydrogen-bond donors (Lipinski definition) is 2. The average molecular weight is 662 g/mol. The summed E-state index contributed by atoms with van der Waals surface area (Å²) >= 11 is 0. The average Bonchev–Trinajstić information content (AvgIpc) is 3.51. The number of rotatable bonds is 17. The van der Waals surface area contributed by atoms with Crippen molar-refractivity contribution in [1.29, 1.82) is 0 Å². The smallest absolute Gasteiger partial charge is 0.225 e. The zero-order valence-electron chi connectivity index (χ0n) is 31.8. The number of nitrogens with zero attached hydrogens (tertiary/aromatic N) is 2. The number of ether oxygens (including phenoxy) is 2. The van der Waals surface area contributed by atoms with Crippen LogP contribution in [0.2, 0.25) is 0 Å². The summed E-state index contributed by atoms with van der Waals surface area (Å²) in [5.41, 5.74) is 3.67. The Morgan fingerprint density at radius 3 is 2.23 bits per heavy atom. The van der Waals surface area contributed by atoms with Gasteiger partial charge in [-0.1, -0.05) is 79.0 Å². The third-order valence-corrected chi connectivity index (χ3v) is 11.1. The van der Waals surface area contributed by atoms with Gasteiger partial charge in [0.25, 0.3) is 0 Å². The summed E-state index contributed by atoms with van der Waals surface area (Å²) < 4.78 is 11.9. The lowest BCUT2D eigenvalue weighted by molar-refractivity contribution is -0.146. The van der Waals surface area contributed by atoms with E-state index >= 15 is 0 Å². The van der Waals surface area contributed by atoms with Crippen LogP contribution in [0, 0.1) is 29.6 Å². The summed E-state index contributed by atoms with van der Waals surface area (Å²) in [5.74, 6) is -0.0220.